The lowest BCUT2D eigenvalue weighted by atomic mass is 9.94. The Morgan fingerprint density at radius 1 is 0.552 bits per heavy atom. The zero-order valence-electron chi connectivity index (χ0n) is 16.8. The second-order valence-electron chi connectivity index (χ2n) is 7.88. The summed E-state index contributed by atoms with van der Waals surface area (Å²) in [6, 6.07) is 34.5. The molecule has 0 aliphatic heterocycles. The fourth-order valence-electron chi connectivity index (χ4n) is 4.06. The van der Waals surface area contributed by atoms with Crippen LogP contribution in [0.3, 0.4) is 0 Å². The molecule has 0 radical (unpaired) electrons. The maximum atomic E-state index is 5.16. The fourth-order valence-corrected chi connectivity index (χ4v) is 4.06. The van der Waals surface area contributed by atoms with Crippen molar-refractivity contribution in [2.75, 3.05) is 0 Å². The number of pyridine rings is 1. The van der Waals surface area contributed by atoms with Gasteiger partial charge in [0.2, 0.25) is 0 Å². The van der Waals surface area contributed by atoms with E-state index in [0.717, 1.165) is 11.4 Å². The molecule has 5 rings (SSSR count). The SMILES string of the molecule is CC(C)c1cc(-c2cccc3ccccc23)nc(-c2cccc3ccccc23)c1. The minimum atomic E-state index is 0.431. The predicted octanol–water partition coefficient (Wildman–Crippen LogP) is 7.85. The number of hydrogen-bond acceptors (Lipinski definition) is 1. The van der Waals surface area contributed by atoms with Gasteiger partial charge in [0.15, 0.2) is 0 Å². The smallest absolute Gasteiger partial charge is 0.0718 e. The second-order valence-corrected chi connectivity index (χ2v) is 7.88. The van der Waals surface area contributed by atoms with Crippen LogP contribution in [-0.2, 0) is 0 Å². The van der Waals surface area contributed by atoms with Crippen LogP contribution >= 0.6 is 0 Å². The van der Waals surface area contributed by atoms with E-state index < -0.39 is 0 Å². The van der Waals surface area contributed by atoms with Gasteiger partial charge in [0.1, 0.15) is 0 Å². The van der Waals surface area contributed by atoms with Crippen molar-refractivity contribution < 1.29 is 0 Å². The van der Waals surface area contributed by atoms with E-state index in [1.54, 1.807) is 0 Å². The van der Waals surface area contributed by atoms with Gasteiger partial charge in [-0.25, -0.2) is 4.98 Å². The second kappa shape index (κ2) is 7.18. The van der Waals surface area contributed by atoms with Crippen LogP contribution in [0.5, 0.6) is 0 Å². The molecular formula is C28H23N. The predicted molar refractivity (Wildman–Crippen MR) is 124 cm³/mol. The summed E-state index contributed by atoms with van der Waals surface area (Å²) < 4.78 is 0. The van der Waals surface area contributed by atoms with Gasteiger partial charge < -0.3 is 0 Å². The number of rotatable bonds is 3. The lowest BCUT2D eigenvalue weighted by Gasteiger charge is -2.14. The Morgan fingerprint density at radius 2 is 1.00 bits per heavy atom. The van der Waals surface area contributed by atoms with Crippen LogP contribution in [0.15, 0.2) is 97.1 Å². The molecule has 1 aromatic heterocycles. The van der Waals surface area contributed by atoms with Crippen LogP contribution in [0.25, 0.3) is 44.1 Å². The maximum Gasteiger partial charge on any atom is 0.0718 e. The molecule has 29 heavy (non-hydrogen) atoms. The Labute approximate surface area is 171 Å². The van der Waals surface area contributed by atoms with Gasteiger partial charge in [-0.2, -0.15) is 0 Å². The molecule has 0 bridgehead atoms. The zero-order chi connectivity index (χ0) is 19.8. The first-order chi connectivity index (χ1) is 14.2. The van der Waals surface area contributed by atoms with Gasteiger partial charge in [0.05, 0.1) is 11.4 Å². The highest BCUT2D eigenvalue weighted by atomic mass is 14.7. The van der Waals surface area contributed by atoms with E-state index >= 15 is 0 Å². The average molecular weight is 373 g/mol. The van der Waals surface area contributed by atoms with Gasteiger partial charge in [0, 0.05) is 11.1 Å². The van der Waals surface area contributed by atoms with E-state index in [0.29, 0.717) is 5.92 Å². The molecule has 0 saturated heterocycles. The van der Waals surface area contributed by atoms with Crippen molar-refractivity contribution >= 4 is 21.5 Å². The minimum absolute atomic E-state index is 0.431. The zero-order valence-corrected chi connectivity index (χ0v) is 16.8. The fraction of sp³-hybridized carbons (Fsp3) is 0.107. The van der Waals surface area contributed by atoms with Crippen molar-refractivity contribution in [3.63, 3.8) is 0 Å². The van der Waals surface area contributed by atoms with Crippen LogP contribution in [-0.4, -0.2) is 4.98 Å². The summed E-state index contributed by atoms with van der Waals surface area (Å²) in [5.41, 5.74) is 5.76. The lowest BCUT2D eigenvalue weighted by Crippen LogP contribution is -1.96. The highest BCUT2D eigenvalue weighted by Crippen LogP contribution is 2.34. The third-order valence-corrected chi connectivity index (χ3v) is 5.65. The van der Waals surface area contributed by atoms with Gasteiger partial charge in [-0.15, -0.1) is 0 Å². The highest BCUT2D eigenvalue weighted by Gasteiger charge is 2.13. The summed E-state index contributed by atoms with van der Waals surface area (Å²) in [5, 5.41) is 4.97. The maximum absolute atomic E-state index is 5.16. The molecule has 0 fully saturated rings. The third kappa shape index (κ3) is 3.19. The van der Waals surface area contributed by atoms with E-state index in [1.165, 1.54) is 38.2 Å². The van der Waals surface area contributed by atoms with Gasteiger partial charge in [0.25, 0.3) is 0 Å². The van der Waals surface area contributed by atoms with Gasteiger partial charge >= 0.3 is 0 Å². The lowest BCUT2D eigenvalue weighted by molar-refractivity contribution is 0.864. The van der Waals surface area contributed by atoms with Crippen LogP contribution in [0.2, 0.25) is 0 Å². The number of hydrogen-bond donors (Lipinski definition) is 0. The molecule has 1 nitrogen and oxygen atoms in total. The monoisotopic (exact) mass is 373 g/mol. The summed E-state index contributed by atoms with van der Waals surface area (Å²) in [5.74, 6) is 0.431. The molecule has 5 aromatic rings. The molecule has 0 aliphatic carbocycles. The topological polar surface area (TPSA) is 12.9 Å². The number of nitrogens with zero attached hydrogens (tertiary/aromatic N) is 1. The molecule has 140 valence electrons. The largest absolute Gasteiger partial charge is 0.248 e. The molecule has 1 heteroatoms. The Morgan fingerprint density at radius 3 is 1.48 bits per heavy atom. The summed E-state index contributed by atoms with van der Waals surface area (Å²) in [7, 11) is 0. The summed E-state index contributed by atoms with van der Waals surface area (Å²) in [6.45, 7) is 4.49. The Balaban J connectivity index is 1.79. The average Bonchev–Trinajstić information content (AvgIpc) is 2.78. The van der Waals surface area contributed by atoms with Crippen LogP contribution < -0.4 is 0 Å². The molecule has 0 amide bonds. The van der Waals surface area contributed by atoms with E-state index in [-0.39, 0.29) is 0 Å². The number of fused-ring (bicyclic) bond motifs is 2. The molecule has 0 aliphatic rings. The van der Waals surface area contributed by atoms with E-state index in [1.807, 2.05) is 0 Å². The Kier molecular flexibility index (Phi) is 4.37. The standard InChI is InChI=1S/C28H23N/c1-19(2)22-17-27(25-15-7-11-20-9-3-5-13-23(20)25)29-28(18-22)26-16-8-12-21-10-4-6-14-24(21)26/h3-19H,1-2H3. The van der Waals surface area contributed by atoms with Crippen molar-refractivity contribution in [1.82, 2.24) is 4.98 Å². The number of benzene rings is 4. The van der Waals surface area contributed by atoms with Crippen molar-refractivity contribution in [3.05, 3.63) is 103 Å². The van der Waals surface area contributed by atoms with Crippen LogP contribution in [0, 0.1) is 0 Å². The first kappa shape index (κ1) is 17.6. The van der Waals surface area contributed by atoms with Gasteiger partial charge in [-0.1, -0.05) is 98.8 Å². The van der Waals surface area contributed by atoms with Crippen molar-refractivity contribution in [1.29, 1.82) is 0 Å². The van der Waals surface area contributed by atoms with Crippen LogP contribution in [0.1, 0.15) is 25.3 Å². The molecule has 0 N–H and O–H groups in total. The summed E-state index contributed by atoms with van der Waals surface area (Å²) in [6.07, 6.45) is 0. The first-order valence-corrected chi connectivity index (χ1v) is 10.2. The van der Waals surface area contributed by atoms with E-state index in [4.69, 9.17) is 4.98 Å². The molecule has 0 spiro atoms. The van der Waals surface area contributed by atoms with Crippen molar-refractivity contribution in [2.45, 2.75) is 19.8 Å². The van der Waals surface area contributed by atoms with Gasteiger partial charge in [-0.05, 0) is 45.2 Å². The molecule has 0 saturated carbocycles. The van der Waals surface area contributed by atoms with E-state index in [9.17, 15) is 0 Å². The van der Waals surface area contributed by atoms with Crippen molar-refractivity contribution in [2.24, 2.45) is 0 Å². The number of aromatic nitrogens is 1. The minimum Gasteiger partial charge on any atom is -0.248 e. The molecule has 0 unspecified atom stereocenters. The first-order valence-electron chi connectivity index (χ1n) is 10.2. The molecule has 0 atom stereocenters. The van der Waals surface area contributed by atoms with Gasteiger partial charge in [-0.3, -0.25) is 0 Å². The summed E-state index contributed by atoms with van der Waals surface area (Å²) >= 11 is 0. The van der Waals surface area contributed by atoms with E-state index in [2.05, 4.69) is 111 Å². The molecule has 4 aromatic carbocycles. The van der Waals surface area contributed by atoms with Crippen LogP contribution in [0.4, 0.5) is 0 Å². The third-order valence-electron chi connectivity index (χ3n) is 5.65. The molecular weight excluding hydrogens is 350 g/mol. The highest BCUT2D eigenvalue weighted by molar-refractivity contribution is 5.98. The Bertz CT molecular complexity index is 1220. The molecule has 1 heterocycles. The summed E-state index contributed by atoms with van der Waals surface area (Å²) in [4.78, 5) is 5.16. The quantitative estimate of drug-likeness (QED) is 0.314. The Hall–Kier alpha value is -3.45. The normalized spacial score (nSPS) is 11.4. The van der Waals surface area contributed by atoms with Crippen molar-refractivity contribution in [3.8, 4) is 22.5 Å².